The van der Waals surface area contributed by atoms with E-state index in [1.54, 1.807) is 0 Å². The van der Waals surface area contributed by atoms with Gasteiger partial charge in [0, 0.05) is 6.42 Å². The van der Waals surface area contributed by atoms with Gasteiger partial charge in [0.1, 0.15) is 0 Å². The maximum absolute atomic E-state index is 12.6. The predicted octanol–water partition coefficient (Wildman–Crippen LogP) is 2.80. The molecule has 0 radical (unpaired) electrons. The normalized spacial score (nSPS) is 13.9. The summed E-state index contributed by atoms with van der Waals surface area (Å²) in [7, 11) is 0.929. The van der Waals surface area contributed by atoms with Gasteiger partial charge in [-0.15, -0.1) is 0 Å². The molecule has 1 N–H and O–H groups in total. The van der Waals surface area contributed by atoms with Crippen LogP contribution >= 0.6 is 0 Å². The average Bonchev–Trinajstić information content (AvgIpc) is 2.35. The molecule has 0 aromatic heterocycles. The monoisotopic (exact) mass is 316 g/mol. The summed E-state index contributed by atoms with van der Waals surface area (Å²) in [4.78, 5) is 11.0. The Bertz CT molecular complexity index is 488. The molecule has 118 valence electrons. The molecular weight excluding hydrogens is 306 g/mol. The van der Waals surface area contributed by atoms with Gasteiger partial charge in [0.05, 0.1) is 18.2 Å². The lowest BCUT2D eigenvalue weighted by Crippen LogP contribution is -2.24. The van der Waals surface area contributed by atoms with Crippen LogP contribution in [0.5, 0.6) is 0 Å². The second kappa shape index (κ2) is 5.92. The number of aliphatic hydroxyl groups is 1. The number of esters is 1. The molecule has 0 saturated heterocycles. The molecule has 0 bridgehead atoms. The summed E-state index contributed by atoms with van der Waals surface area (Å²) in [5.74, 6) is -1.15. The quantitative estimate of drug-likeness (QED) is 0.689. The number of alkyl halides is 6. The van der Waals surface area contributed by atoms with E-state index in [-0.39, 0.29) is 6.07 Å². The molecule has 9 heteroatoms. The summed E-state index contributed by atoms with van der Waals surface area (Å²) in [6.45, 7) is 0. The molecule has 1 aromatic rings. The van der Waals surface area contributed by atoms with Crippen molar-refractivity contribution >= 4 is 5.97 Å². The van der Waals surface area contributed by atoms with Gasteiger partial charge in [0.25, 0.3) is 0 Å². The largest absolute Gasteiger partial charge is 0.467 e. The number of hydrogen-bond donors (Lipinski definition) is 1. The predicted molar refractivity (Wildman–Crippen MR) is 58.2 cm³/mol. The molecule has 1 rings (SSSR count). The molecule has 0 aliphatic heterocycles. The van der Waals surface area contributed by atoms with Crippen LogP contribution in [-0.2, 0) is 28.3 Å². The zero-order chi connectivity index (χ0) is 16.4. The minimum Gasteiger partial charge on any atom is -0.467 e. The Morgan fingerprint density at radius 2 is 1.52 bits per heavy atom. The van der Waals surface area contributed by atoms with Crippen LogP contribution in [0, 0.1) is 0 Å². The molecule has 0 unspecified atom stereocenters. The second-order valence-corrected chi connectivity index (χ2v) is 4.16. The highest BCUT2D eigenvalue weighted by atomic mass is 19.4. The first kappa shape index (κ1) is 17.3. The van der Waals surface area contributed by atoms with Gasteiger partial charge in [-0.3, -0.25) is 0 Å². The first-order valence-corrected chi connectivity index (χ1v) is 5.49. The molecule has 1 atom stereocenters. The third-order valence-electron chi connectivity index (χ3n) is 2.55. The van der Waals surface area contributed by atoms with Gasteiger partial charge >= 0.3 is 18.3 Å². The summed E-state index contributed by atoms with van der Waals surface area (Å²) < 4.78 is 79.6. The van der Waals surface area contributed by atoms with E-state index in [0.29, 0.717) is 12.1 Å². The Hall–Kier alpha value is -1.77. The number of halogens is 6. The lowest BCUT2D eigenvalue weighted by Gasteiger charge is -2.15. The van der Waals surface area contributed by atoms with E-state index in [2.05, 4.69) is 4.74 Å². The number of aliphatic hydroxyl groups excluding tert-OH is 1. The number of carbonyl (C=O) groups is 1. The van der Waals surface area contributed by atoms with Crippen LogP contribution in [0.1, 0.15) is 16.7 Å². The molecule has 0 amide bonds. The highest BCUT2D eigenvalue weighted by molar-refractivity contribution is 5.74. The van der Waals surface area contributed by atoms with Crippen molar-refractivity contribution in [1.29, 1.82) is 0 Å². The molecule has 3 nitrogen and oxygen atoms in total. The first-order chi connectivity index (χ1) is 9.45. The zero-order valence-corrected chi connectivity index (χ0v) is 10.5. The standard InChI is InChI=1S/C12H10F6O3/c1-21-10(20)9(19)4-6-2-7(11(13,14)15)5-8(3-6)12(16,17)18/h2-3,5,9,19H,4H2,1H3/t9-/m1/s1. The van der Waals surface area contributed by atoms with Crippen LogP contribution in [0.4, 0.5) is 26.3 Å². The van der Waals surface area contributed by atoms with Gasteiger partial charge in [-0.25, -0.2) is 4.79 Å². The van der Waals surface area contributed by atoms with Gasteiger partial charge in [-0.1, -0.05) is 0 Å². The maximum atomic E-state index is 12.6. The van der Waals surface area contributed by atoms with Gasteiger partial charge in [-0.2, -0.15) is 26.3 Å². The van der Waals surface area contributed by atoms with Crippen molar-refractivity contribution in [3.63, 3.8) is 0 Å². The van der Waals surface area contributed by atoms with Gasteiger partial charge < -0.3 is 9.84 Å². The van der Waals surface area contributed by atoms with Crippen molar-refractivity contribution in [3.05, 3.63) is 34.9 Å². The number of ether oxygens (including phenoxy) is 1. The highest BCUT2D eigenvalue weighted by Gasteiger charge is 2.37. The van der Waals surface area contributed by atoms with Crippen molar-refractivity contribution in [1.82, 2.24) is 0 Å². The highest BCUT2D eigenvalue weighted by Crippen LogP contribution is 2.36. The number of methoxy groups -OCH3 is 1. The minimum absolute atomic E-state index is 0.0337. The van der Waals surface area contributed by atoms with E-state index >= 15 is 0 Å². The average molecular weight is 316 g/mol. The third-order valence-corrected chi connectivity index (χ3v) is 2.55. The smallest absolute Gasteiger partial charge is 0.416 e. The molecule has 0 fully saturated rings. The lowest BCUT2D eigenvalue weighted by atomic mass is 10.0. The Morgan fingerprint density at radius 1 is 1.10 bits per heavy atom. The molecular formula is C12H10F6O3. The molecule has 0 aliphatic carbocycles. The molecule has 21 heavy (non-hydrogen) atoms. The summed E-state index contributed by atoms with van der Waals surface area (Å²) in [6, 6.07) is 0.858. The van der Waals surface area contributed by atoms with E-state index in [1.807, 2.05) is 0 Å². The topological polar surface area (TPSA) is 46.5 Å². The van der Waals surface area contributed by atoms with Crippen LogP contribution in [0.25, 0.3) is 0 Å². The Morgan fingerprint density at radius 3 is 1.86 bits per heavy atom. The SMILES string of the molecule is COC(=O)[C@H](O)Cc1cc(C(F)(F)F)cc(C(F)(F)F)c1. The number of benzene rings is 1. The molecule has 0 aliphatic rings. The Kier molecular flexibility index (Phi) is 4.87. The fraction of sp³-hybridized carbons (Fsp3) is 0.417. The van der Waals surface area contributed by atoms with Crippen molar-refractivity contribution in [3.8, 4) is 0 Å². The van der Waals surface area contributed by atoms with Crippen molar-refractivity contribution < 1.29 is 41.0 Å². The van der Waals surface area contributed by atoms with Gasteiger partial charge in [0.2, 0.25) is 0 Å². The maximum Gasteiger partial charge on any atom is 0.416 e. The van der Waals surface area contributed by atoms with E-state index in [4.69, 9.17) is 0 Å². The number of hydrogen-bond acceptors (Lipinski definition) is 3. The van der Waals surface area contributed by atoms with E-state index in [9.17, 15) is 36.2 Å². The van der Waals surface area contributed by atoms with Crippen LogP contribution in [0.3, 0.4) is 0 Å². The fourth-order valence-corrected chi connectivity index (χ4v) is 1.58. The van der Waals surface area contributed by atoms with Crippen molar-refractivity contribution in [2.24, 2.45) is 0 Å². The van der Waals surface area contributed by atoms with Crippen molar-refractivity contribution in [2.45, 2.75) is 24.9 Å². The first-order valence-electron chi connectivity index (χ1n) is 5.49. The fourth-order valence-electron chi connectivity index (χ4n) is 1.58. The summed E-state index contributed by atoms with van der Waals surface area (Å²) in [5, 5.41) is 9.32. The van der Waals surface area contributed by atoms with E-state index in [1.165, 1.54) is 0 Å². The van der Waals surface area contributed by atoms with Crippen LogP contribution in [0.2, 0.25) is 0 Å². The molecule has 0 saturated carbocycles. The van der Waals surface area contributed by atoms with Crippen LogP contribution in [0.15, 0.2) is 18.2 Å². The van der Waals surface area contributed by atoms with E-state index < -0.39 is 47.5 Å². The second-order valence-electron chi connectivity index (χ2n) is 4.16. The molecule has 1 aromatic carbocycles. The van der Waals surface area contributed by atoms with Gasteiger partial charge in [-0.05, 0) is 23.8 Å². The van der Waals surface area contributed by atoms with Crippen LogP contribution in [-0.4, -0.2) is 24.3 Å². The zero-order valence-electron chi connectivity index (χ0n) is 10.5. The summed E-state index contributed by atoms with van der Waals surface area (Å²) in [5.41, 5.74) is -3.50. The third kappa shape index (κ3) is 4.62. The van der Waals surface area contributed by atoms with Crippen molar-refractivity contribution in [2.75, 3.05) is 7.11 Å². The summed E-state index contributed by atoms with van der Waals surface area (Å²) >= 11 is 0. The minimum atomic E-state index is -4.98. The number of rotatable bonds is 3. The van der Waals surface area contributed by atoms with Gasteiger partial charge in [0.15, 0.2) is 6.10 Å². The molecule has 0 heterocycles. The lowest BCUT2D eigenvalue weighted by molar-refractivity contribution is -0.150. The van der Waals surface area contributed by atoms with E-state index in [0.717, 1.165) is 7.11 Å². The Labute approximate surface area is 115 Å². The van der Waals surface area contributed by atoms with Crippen LogP contribution < -0.4 is 0 Å². The number of carbonyl (C=O) groups excluding carboxylic acids is 1. The molecule has 0 spiro atoms. The summed E-state index contributed by atoms with van der Waals surface area (Å²) in [6.07, 6.45) is -12.5. The Balaban J connectivity index is 3.23.